The second-order valence-corrected chi connectivity index (χ2v) is 6.37. The maximum Gasteiger partial charge on any atom is 0.253 e. The molecule has 0 bridgehead atoms. The number of carbonyl (C=O) groups is 2. The lowest BCUT2D eigenvalue weighted by Gasteiger charge is -2.17. The number of nitrogens with one attached hydrogen (secondary N) is 2. The first-order chi connectivity index (χ1) is 11.6. The van der Waals surface area contributed by atoms with Crippen LogP contribution in [-0.2, 0) is 11.2 Å². The molecule has 0 spiro atoms. The van der Waals surface area contributed by atoms with E-state index in [1.807, 2.05) is 30.0 Å². The summed E-state index contributed by atoms with van der Waals surface area (Å²) in [6, 6.07) is 12.0. The van der Waals surface area contributed by atoms with E-state index >= 15 is 0 Å². The Balaban J connectivity index is 1.46. The van der Waals surface area contributed by atoms with E-state index in [1.165, 1.54) is 5.56 Å². The quantitative estimate of drug-likeness (QED) is 0.854. The first-order valence-electron chi connectivity index (χ1n) is 8.37. The predicted molar refractivity (Wildman–Crippen MR) is 92.7 cm³/mol. The van der Waals surface area contributed by atoms with Crippen LogP contribution in [0.1, 0.15) is 28.0 Å². The highest BCUT2D eigenvalue weighted by molar-refractivity contribution is 5.95. The lowest BCUT2D eigenvalue weighted by molar-refractivity contribution is -0.127. The smallest absolute Gasteiger partial charge is 0.253 e. The van der Waals surface area contributed by atoms with Crippen LogP contribution in [0.25, 0.3) is 0 Å². The van der Waals surface area contributed by atoms with Crippen molar-refractivity contribution in [3.05, 3.63) is 59.4 Å². The molecule has 1 fully saturated rings. The molecule has 1 saturated heterocycles. The van der Waals surface area contributed by atoms with Gasteiger partial charge in [-0.05, 0) is 25.0 Å². The van der Waals surface area contributed by atoms with Crippen molar-refractivity contribution in [2.75, 3.05) is 19.6 Å². The Bertz CT molecular complexity index is 708. The summed E-state index contributed by atoms with van der Waals surface area (Å²) in [5, 5.41) is 2.94. The van der Waals surface area contributed by atoms with Crippen molar-refractivity contribution in [2.24, 2.45) is 5.92 Å². The largest absolute Gasteiger partial charge is 0.365 e. The molecule has 3 rings (SSSR count). The normalized spacial score (nSPS) is 17.3. The van der Waals surface area contributed by atoms with E-state index in [2.05, 4.69) is 22.4 Å². The second kappa shape index (κ2) is 7.34. The molecule has 1 aliphatic rings. The van der Waals surface area contributed by atoms with Gasteiger partial charge in [0, 0.05) is 43.9 Å². The second-order valence-electron chi connectivity index (χ2n) is 6.37. The molecule has 2 N–H and O–H groups in total. The molecular formula is C19H23N3O2. The number of aromatic amines is 1. The molecule has 1 aliphatic heterocycles. The maximum atomic E-state index is 12.1. The van der Waals surface area contributed by atoms with E-state index in [-0.39, 0.29) is 17.7 Å². The molecule has 126 valence electrons. The van der Waals surface area contributed by atoms with Crippen molar-refractivity contribution in [2.45, 2.75) is 19.8 Å². The van der Waals surface area contributed by atoms with Gasteiger partial charge in [-0.15, -0.1) is 0 Å². The molecule has 1 aromatic heterocycles. The predicted octanol–water partition coefficient (Wildman–Crippen LogP) is 2.14. The van der Waals surface area contributed by atoms with Crippen molar-refractivity contribution in [1.82, 2.24) is 15.2 Å². The lowest BCUT2D eigenvalue weighted by Crippen LogP contribution is -2.32. The van der Waals surface area contributed by atoms with Crippen LogP contribution in [0.2, 0.25) is 0 Å². The first kappa shape index (κ1) is 16.3. The number of H-pyrrole nitrogens is 1. The van der Waals surface area contributed by atoms with Gasteiger partial charge >= 0.3 is 0 Å². The van der Waals surface area contributed by atoms with Crippen molar-refractivity contribution < 1.29 is 9.59 Å². The third-order valence-electron chi connectivity index (χ3n) is 4.56. The number of aryl methyl sites for hydroxylation is 1. The molecule has 24 heavy (non-hydrogen) atoms. The molecule has 0 radical (unpaired) electrons. The van der Waals surface area contributed by atoms with Gasteiger partial charge in [0.1, 0.15) is 0 Å². The molecule has 0 aliphatic carbocycles. The zero-order valence-corrected chi connectivity index (χ0v) is 13.9. The Morgan fingerprint density at radius 3 is 2.79 bits per heavy atom. The van der Waals surface area contributed by atoms with E-state index in [0.717, 1.165) is 25.2 Å². The Kier molecular flexibility index (Phi) is 4.99. The summed E-state index contributed by atoms with van der Waals surface area (Å²) in [5.41, 5.74) is 2.77. The Morgan fingerprint density at radius 1 is 1.29 bits per heavy atom. The van der Waals surface area contributed by atoms with Crippen LogP contribution >= 0.6 is 0 Å². The first-order valence-corrected chi connectivity index (χ1v) is 8.37. The fourth-order valence-corrected chi connectivity index (χ4v) is 3.15. The SMILES string of the molecule is Cc1[nH]ccc1C(=O)NC[C@H]1CC(=O)N(CCc2ccccc2)C1. The van der Waals surface area contributed by atoms with Gasteiger partial charge in [0.2, 0.25) is 5.91 Å². The zero-order chi connectivity index (χ0) is 16.9. The number of carbonyl (C=O) groups excluding carboxylic acids is 2. The summed E-state index contributed by atoms with van der Waals surface area (Å²) in [6.45, 7) is 3.87. The molecule has 2 heterocycles. The van der Waals surface area contributed by atoms with E-state index in [4.69, 9.17) is 0 Å². The summed E-state index contributed by atoms with van der Waals surface area (Å²) in [4.78, 5) is 29.2. The minimum absolute atomic E-state index is 0.0797. The summed E-state index contributed by atoms with van der Waals surface area (Å²) in [7, 11) is 0. The topological polar surface area (TPSA) is 65.2 Å². The number of amides is 2. The summed E-state index contributed by atoms with van der Waals surface area (Å²) in [6.07, 6.45) is 3.14. The van der Waals surface area contributed by atoms with Gasteiger partial charge in [0.25, 0.3) is 5.91 Å². The number of rotatable bonds is 6. The molecule has 0 saturated carbocycles. The van der Waals surface area contributed by atoms with Gasteiger partial charge in [-0.1, -0.05) is 30.3 Å². The highest BCUT2D eigenvalue weighted by Crippen LogP contribution is 2.18. The minimum atomic E-state index is -0.0797. The highest BCUT2D eigenvalue weighted by atomic mass is 16.2. The van der Waals surface area contributed by atoms with Crippen molar-refractivity contribution >= 4 is 11.8 Å². The van der Waals surface area contributed by atoms with E-state index in [9.17, 15) is 9.59 Å². The minimum Gasteiger partial charge on any atom is -0.365 e. The number of likely N-dealkylation sites (tertiary alicyclic amines) is 1. The summed E-state index contributed by atoms with van der Waals surface area (Å²) < 4.78 is 0. The van der Waals surface area contributed by atoms with Crippen molar-refractivity contribution in [1.29, 1.82) is 0 Å². The number of aromatic nitrogens is 1. The van der Waals surface area contributed by atoms with Crippen LogP contribution in [0.4, 0.5) is 0 Å². The van der Waals surface area contributed by atoms with Crippen molar-refractivity contribution in [3.63, 3.8) is 0 Å². The average molecular weight is 325 g/mol. The fourth-order valence-electron chi connectivity index (χ4n) is 3.15. The van der Waals surface area contributed by atoms with Gasteiger partial charge in [-0.3, -0.25) is 9.59 Å². The van der Waals surface area contributed by atoms with Gasteiger partial charge in [-0.2, -0.15) is 0 Å². The molecule has 0 unspecified atom stereocenters. The molecule has 5 nitrogen and oxygen atoms in total. The van der Waals surface area contributed by atoms with Crippen LogP contribution in [0.5, 0.6) is 0 Å². The molecule has 1 aromatic carbocycles. The third-order valence-corrected chi connectivity index (χ3v) is 4.56. The number of hydrogen-bond donors (Lipinski definition) is 2. The van der Waals surface area contributed by atoms with Crippen LogP contribution in [-0.4, -0.2) is 41.3 Å². The van der Waals surface area contributed by atoms with Crippen molar-refractivity contribution in [3.8, 4) is 0 Å². The van der Waals surface area contributed by atoms with Gasteiger partial charge in [-0.25, -0.2) is 0 Å². The number of nitrogens with zero attached hydrogens (tertiary/aromatic N) is 1. The van der Waals surface area contributed by atoms with Gasteiger partial charge < -0.3 is 15.2 Å². The van der Waals surface area contributed by atoms with Crippen LogP contribution in [0.15, 0.2) is 42.6 Å². The van der Waals surface area contributed by atoms with E-state index < -0.39 is 0 Å². The van der Waals surface area contributed by atoms with E-state index in [1.54, 1.807) is 12.3 Å². The Morgan fingerprint density at radius 2 is 2.08 bits per heavy atom. The van der Waals surface area contributed by atoms with Crippen LogP contribution in [0, 0.1) is 12.8 Å². The number of hydrogen-bond acceptors (Lipinski definition) is 2. The number of benzene rings is 1. The monoisotopic (exact) mass is 325 g/mol. The van der Waals surface area contributed by atoms with Gasteiger partial charge in [0.05, 0.1) is 5.56 Å². The third kappa shape index (κ3) is 3.85. The summed E-state index contributed by atoms with van der Waals surface area (Å²) >= 11 is 0. The van der Waals surface area contributed by atoms with Gasteiger partial charge in [0.15, 0.2) is 0 Å². The molecule has 2 amide bonds. The molecule has 5 heteroatoms. The highest BCUT2D eigenvalue weighted by Gasteiger charge is 2.29. The molecule has 2 aromatic rings. The van der Waals surface area contributed by atoms with Crippen LogP contribution in [0.3, 0.4) is 0 Å². The Labute approximate surface area is 142 Å². The fraction of sp³-hybridized carbons (Fsp3) is 0.368. The standard InChI is InChI=1S/C19H23N3O2/c1-14-17(7-9-20-14)19(24)21-12-16-11-18(23)22(13-16)10-8-15-5-3-2-4-6-15/h2-7,9,16,20H,8,10-13H2,1H3,(H,21,24)/t16-/m1/s1. The van der Waals surface area contributed by atoms with E-state index in [0.29, 0.717) is 18.5 Å². The molecular weight excluding hydrogens is 302 g/mol. The van der Waals surface area contributed by atoms with Crippen LogP contribution < -0.4 is 5.32 Å². The Hall–Kier alpha value is -2.56. The zero-order valence-electron chi connectivity index (χ0n) is 13.9. The lowest BCUT2D eigenvalue weighted by atomic mass is 10.1. The summed E-state index contributed by atoms with van der Waals surface area (Å²) in [5.74, 6) is 0.295. The average Bonchev–Trinajstić information content (AvgIpc) is 3.17. The molecule has 1 atom stereocenters. The maximum absolute atomic E-state index is 12.1.